The fraction of sp³-hybridized carbons (Fsp3) is 0.444. The molecule has 0 spiro atoms. The number of carbonyl (C=O) groups is 1. The molecule has 1 saturated heterocycles. The van der Waals surface area contributed by atoms with E-state index in [0.29, 0.717) is 19.0 Å². The molecule has 6 heteroatoms. The Labute approximate surface area is 142 Å². The molecule has 0 bridgehead atoms. The van der Waals surface area contributed by atoms with E-state index in [4.69, 9.17) is 0 Å². The molecule has 1 aromatic heterocycles. The van der Waals surface area contributed by atoms with Crippen molar-refractivity contribution in [2.75, 3.05) is 19.6 Å². The van der Waals surface area contributed by atoms with Crippen molar-refractivity contribution in [3.63, 3.8) is 0 Å². The van der Waals surface area contributed by atoms with Crippen molar-refractivity contribution in [2.45, 2.75) is 32.7 Å². The van der Waals surface area contributed by atoms with E-state index in [1.807, 2.05) is 31.2 Å². The minimum absolute atomic E-state index is 0.0841. The first-order valence-corrected chi connectivity index (χ1v) is 8.37. The number of nitrogens with zero attached hydrogens (tertiary/aromatic N) is 3. The molecule has 1 aliphatic heterocycles. The van der Waals surface area contributed by atoms with E-state index in [1.165, 1.54) is 11.8 Å². The van der Waals surface area contributed by atoms with Gasteiger partial charge in [-0.15, -0.1) is 0 Å². The van der Waals surface area contributed by atoms with Crippen LogP contribution in [0.3, 0.4) is 0 Å². The largest absolute Gasteiger partial charge is 0.504 e. The van der Waals surface area contributed by atoms with E-state index in [-0.39, 0.29) is 23.4 Å². The SMILES string of the molecule is CC1CN(C(=O)c2nn(-c3ccc(C(C)C)cc3)cc2O)CCN1. The molecule has 1 aromatic carbocycles. The summed E-state index contributed by atoms with van der Waals surface area (Å²) in [5.74, 6) is 0.148. The summed E-state index contributed by atoms with van der Waals surface area (Å²) < 4.78 is 1.55. The summed E-state index contributed by atoms with van der Waals surface area (Å²) in [6, 6.07) is 8.22. The first-order valence-electron chi connectivity index (χ1n) is 8.37. The molecule has 1 unspecified atom stereocenters. The van der Waals surface area contributed by atoms with Crippen LogP contribution in [-0.2, 0) is 0 Å². The predicted octanol–water partition coefficient (Wildman–Crippen LogP) is 2.14. The Morgan fingerprint density at radius 3 is 2.67 bits per heavy atom. The van der Waals surface area contributed by atoms with Crippen molar-refractivity contribution in [3.05, 3.63) is 41.7 Å². The van der Waals surface area contributed by atoms with Gasteiger partial charge in [0.05, 0.1) is 11.9 Å². The standard InChI is InChI=1S/C18H24N4O2/c1-12(2)14-4-6-15(7-5-14)22-11-16(23)17(20-22)18(24)21-9-8-19-13(3)10-21/h4-7,11-13,19,23H,8-10H2,1-3H3. The number of nitrogens with one attached hydrogen (secondary N) is 1. The van der Waals surface area contributed by atoms with Crippen LogP contribution in [0.5, 0.6) is 5.75 Å². The highest BCUT2D eigenvalue weighted by atomic mass is 16.3. The van der Waals surface area contributed by atoms with Gasteiger partial charge in [0.15, 0.2) is 11.4 Å². The first kappa shape index (κ1) is 16.5. The lowest BCUT2D eigenvalue weighted by Crippen LogP contribution is -2.51. The van der Waals surface area contributed by atoms with Gasteiger partial charge in [0.25, 0.3) is 5.91 Å². The third-order valence-corrected chi connectivity index (χ3v) is 4.38. The Balaban J connectivity index is 1.83. The number of benzene rings is 1. The lowest BCUT2D eigenvalue weighted by Gasteiger charge is -2.31. The van der Waals surface area contributed by atoms with Gasteiger partial charge in [0.1, 0.15) is 0 Å². The van der Waals surface area contributed by atoms with Crippen LogP contribution in [0, 0.1) is 0 Å². The maximum absolute atomic E-state index is 12.6. The summed E-state index contributed by atoms with van der Waals surface area (Å²) in [7, 11) is 0. The highest BCUT2D eigenvalue weighted by Crippen LogP contribution is 2.22. The summed E-state index contributed by atoms with van der Waals surface area (Å²) in [6.45, 7) is 8.31. The third-order valence-electron chi connectivity index (χ3n) is 4.38. The van der Waals surface area contributed by atoms with E-state index >= 15 is 0 Å². The molecule has 2 N–H and O–H groups in total. The second-order valence-electron chi connectivity index (χ2n) is 6.66. The van der Waals surface area contributed by atoms with Crippen LogP contribution < -0.4 is 5.32 Å². The summed E-state index contributed by atoms with van der Waals surface area (Å²) in [5, 5.41) is 17.8. The molecule has 128 valence electrons. The maximum Gasteiger partial charge on any atom is 0.278 e. The number of hydrogen-bond donors (Lipinski definition) is 2. The van der Waals surface area contributed by atoms with Crippen LogP contribution in [0.15, 0.2) is 30.5 Å². The number of aromatic hydroxyl groups is 1. The van der Waals surface area contributed by atoms with E-state index in [9.17, 15) is 9.90 Å². The van der Waals surface area contributed by atoms with Gasteiger partial charge in [-0.25, -0.2) is 4.68 Å². The van der Waals surface area contributed by atoms with Crippen molar-refractivity contribution in [1.82, 2.24) is 20.0 Å². The number of carbonyl (C=O) groups excluding carboxylic acids is 1. The quantitative estimate of drug-likeness (QED) is 0.905. The molecule has 2 heterocycles. The molecule has 0 saturated carbocycles. The molecule has 2 aromatic rings. The van der Waals surface area contributed by atoms with Gasteiger partial charge in [-0.1, -0.05) is 26.0 Å². The third kappa shape index (κ3) is 3.28. The Hall–Kier alpha value is -2.34. The van der Waals surface area contributed by atoms with Gasteiger partial charge in [-0.2, -0.15) is 5.10 Å². The number of aromatic nitrogens is 2. The molecular formula is C18H24N4O2. The molecule has 0 aliphatic carbocycles. The van der Waals surface area contributed by atoms with Gasteiger partial charge >= 0.3 is 0 Å². The second-order valence-corrected chi connectivity index (χ2v) is 6.66. The van der Waals surface area contributed by atoms with Crippen LogP contribution in [0.4, 0.5) is 0 Å². The fourth-order valence-corrected chi connectivity index (χ4v) is 2.93. The summed E-state index contributed by atoms with van der Waals surface area (Å²) in [6.07, 6.45) is 1.49. The van der Waals surface area contributed by atoms with E-state index in [0.717, 1.165) is 12.2 Å². The van der Waals surface area contributed by atoms with Gasteiger partial charge < -0.3 is 15.3 Å². The molecule has 1 amide bonds. The Kier molecular flexibility index (Phi) is 4.57. The number of hydrogen-bond acceptors (Lipinski definition) is 4. The zero-order valence-electron chi connectivity index (χ0n) is 14.4. The van der Waals surface area contributed by atoms with Gasteiger partial charge in [0.2, 0.25) is 0 Å². The van der Waals surface area contributed by atoms with Crippen molar-refractivity contribution in [2.24, 2.45) is 0 Å². The highest BCUT2D eigenvalue weighted by Gasteiger charge is 2.26. The van der Waals surface area contributed by atoms with E-state index < -0.39 is 0 Å². The van der Waals surface area contributed by atoms with Gasteiger partial charge in [-0.3, -0.25) is 4.79 Å². The number of rotatable bonds is 3. The van der Waals surface area contributed by atoms with Crippen molar-refractivity contribution >= 4 is 5.91 Å². The Bertz CT molecular complexity index is 721. The van der Waals surface area contributed by atoms with Crippen LogP contribution in [-0.4, -0.2) is 51.4 Å². The van der Waals surface area contributed by atoms with Crippen LogP contribution in [0.1, 0.15) is 42.7 Å². The van der Waals surface area contributed by atoms with E-state index in [2.05, 4.69) is 24.3 Å². The smallest absolute Gasteiger partial charge is 0.278 e. The first-order chi connectivity index (χ1) is 11.5. The highest BCUT2D eigenvalue weighted by molar-refractivity contribution is 5.95. The lowest BCUT2D eigenvalue weighted by atomic mass is 10.0. The van der Waals surface area contributed by atoms with E-state index in [1.54, 1.807) is 9.58 Å². The summed E-state index contributed by atoms with van der Waals surface area (Å²) in [5.41, 5.74) is 2.17. The molecule has 1 fully saturated rings. The fourth-order valence-electron chi connectivity index (χ4n) is 2.93. The zero-order valence-corrected chi connectivity index (χ0v) is 14.4. The minimum Gasteiger partial charge on any atom is -0.504 e. The van der Waals surface area contributed by atoms with Crippen LogP contribution in [0.2, 0.25) is 0 Å². The molecule has 1 aliphatic rings. The molecule has 6 nitrogen and oxygen atoms in total. The van der Waals surface area contributed by atoms with Gasteiger partial charge in [-0.05, 0) is 30.5 Å². The zero-order chi connectivity index (χ0) is 17.3. The average molecular weight is 328 g/mol. The van der Waals surface area contributed by atoms with Crippen molar-refractivity contribution in [1.29, 1.82) is 0 Å². The number of amides is 1. The van der Waals surface area contributed by atoms with Crippen molar-refractivity contribution in [3.8, 4) is 11.4 Å². The average Bonchev–Trinajstić information content (AvgIpc) is 2.96. The minimum atomic E-state index is -0.224. The molecule has 1 atom stereocenters. The lowest BCUT2D eigenvalue weighted by molar-refractivity contribution is 0.0699. The number of piperazine rings is 1. The van der Waals surface area contributed by atoms with Crippen LogP contribution in [0.25, 0.3) is 5.69 Å². The Morgan fingerprint density at radius 2 is 2.04 bits per heavy atom. The Morgan fingerprint density at radius 1 is 1.33 bits per heavy atom. The molecular weight excluding hydrogens is 304 g/mol. The molecule has 24 heavy (non-hydrogen) atoms. The van der Waals surface area contributed by atoms with Crippen LogP contribution >= 0.6 is 0 Å². The molecule has 3 rings (SSSR count). The monoisotopic (exact) mass is 328 g/mol. The van der Waals surface area contributed by atoms with Crippen molar-refractivity contribution < 1.29 is 9.90 Å². The summed E-state index contributed by atoms with van der Waals surface area (Å²) in [4.78, 5) is 14.3. The normalized spacial score (nSPS) is 18.2. The second kappa shape index (κ2) is 6.65. The van der Waals surface area contributed by atoms with Gasteiger partial charge in [0, 0.05) is 25.7 Å². The topological polar surface area (TPSA) is 70.4 Å². The maximum atomic E-state index is 12.6. The summed E-state index contributed by atoms with van der Waals surface area (Å²) >= 11 is 0. The predicted molar refractivity (Wildman–Crippen MR) is 92.7 cm³/mol. The molecule has 0 radical (unpaired) electrons.